The average Bonchev–Trinajstić information content (AvgIpc) is 3.06. The minimum atomic E-state index is 0.205. The van der Waals surface area contributed by atoms with Crippen molar-refractivity contribution in [3.05, 3.63) is 66.0 Å². The van der Waals surface area contributed by atoms with Crippen LogP contribution < -0.4 is 10.5 Å². The number of benzene rings is 1. The van der Waals surface area contributed by atoms with E-state index in [1.54, 1.807) is 12.3 Å². The Hall–Kier alpha value is -2.33. The van der Waals surface area contributed by atoms with Crippen molar-refractivity contribution in [2.24, 2.45) is 10.7 Å². The number of rotatable bonds is 5. The number of hydrogen-bond donors (Lipinski definition) is 1. The molecule has 0 aromatic heterocycles. The molecule has 0 bridgehead atoms. The number of allylic oxidation sites excluding steroid dienone is 1. The minimum Gasteiger partial charge on any atom is -0.439 e. The monoisotopic (exact) mass is 312 g/mol. The van der Waals surface area contributed by atoms with E-state index in [2.05, 4.69) is 24.2 Å². The molecule has 0 radical (unpaired) electrons. The van der Waals surface area contributed by atoms with Gasteiger partial charge in [0, 0.05) is 18.5 Å². The fourth-order valence-electron chi connectivity index (χ4n) is 2.30. The van der Waals surface area contributed by atoms with E-state index < -0.39 is 0 Å². The molecule has 1 aliphatic heterocycles. The Bertz CT molecular complexity index is 653. The molecule has 1 unspecified atom stereocenters. The number of hydrogen-bond acceptors (Lipinski definition) is 4. The molecule has 1 aliphatic rings. The summed E-state index contributed by atoms with van der Waals surface area (Å²) in [6.07, 6.45) is 5.59. The molecule has 1 aromatic carbocycles. The van der Waals surface area contributed by atoms with Crippen LogP contribution in [0.25, 0.3) is 0 Å². The van der Waals surface area contributed by atoms with Crippen LogP contribution in [-0.4, -0.2) is 12.5 Å². The first kappa shape index (κ1) is 17.0. The lowest BCUT2D eigenvalue weighted by molar-refractivity contribution is 0.112. The summed E-state index contributed by atoms with van der Waals surface area (Å²) < 4.78 is 11.5. The normalized spacial score (nSPS) is 18.8. The molecule has 4 nitrogen and oxygen atoms in total. The van der Waals surface area contributed by atoms with Gasteiger partial charge in [0.15, 0.2) is 0 Å². The lowest BCUT2D eigenvalue weighted by atomic mass is 10.0. The van der Waals surface area contributed by atoms with Crippen LogP contribution in [0.2, 0.25) is 0 Å². The molecular weight excluding hydrogens is 288 g/mol. The third kappa shape index (κ3) is 4.57. The number of nitrogens with two attached hydrogens (primary N) is 1. The highest BCUT2D eigenvalue weighted by molar-refractivity contribution is 5.89. The van der Waals surface area contributed by atoms with E-state index >= 15 is 0 Å². The van der Waals surface area contributed by atoms with E-state index in [4.69, 9.17) is 15.2 Å². The zero-order valence-electron chi connectivity index (χ0n) is 13.8. The lowest BCUT2D eigenvalue weighted by Gasteiger charge is -2.13. The van der Waals surface area contributed by atoms with Crippen molar-refractivity contribution in [1.29, 1.82) is 0 Å². The van der Waals surface area contributed by atoms with Crippen molar-refractivity contribution in [1.82, 2.24) is 0 Å². The molecule has 1 aromatic rings. The Labute approximate surface area is 138 Å². The SMILES string of the molecule is C=C/C(=N\C=C(/C)C(=C)N)Oc1ccc(C2CCCO2)cc1C. The van der Waals surface area contributed by atoms with Crippen LogP contribution in [0.15, 0.2) is 59.9 Å². The molecule has 0 spiro atoms. The van der Waals surface area contributed by atoms with Gasteiger partial charge in [0.1, 0.15) is 5.75 Å². The first-order valence-corrected chi connectivity index (χ1v) is 7.73. The summed E-state index contributed by atoms with van der Waals surface area (Å²) in [4.78, 5) is 4.25. The highest BCUT2D eigenvalue weighted by Gasteiger charge is 2.18. The van der Waals surface area contributed by atoms with Crippen molar-refractivity contribution >= 4 is 5.90 Å². The fourth-order valence-corrected chi connectivity index (χ4v) is 2.30. The zero-order chi connectivity index (χ0) is 16.8. The van der Waals surface area contributed by atoms with E-state index in [0.717, 1.165) is 36.3 Å². The number of aryl methyl sites for hydroxylation is 1. The van der Waals surface area contributed by atoms with Crippen molar-refractivity contribution < 1.29 is 9.47 Å². The van der Waals surface area contributed by atoms with Crippen molar-refractivity contribution in [2.75, 3.05) is 6.61 Å². The Kier molecular flexibility index (Phi) is 5.77. The van der Waals surface area contributed by atoms with Gasteiger partial charge in [-0.15, -0.1) is 0 Å². The highest BCUT2D eigenvalue weighted by Crippen LogP contribution is 2.31. The van der Waals surface area contributed by atoms with Crippen molar-refractivity contribution in [2.45, 2.75) is 32.8 Å². The maximum Gasteiger partial charge on any atom is 0.218 e. The second-order valence-electron chi connectivity index (χ2n) is 5.64. The Morgan fingerprint density at radius 3 is 2.83 bits per heavy atom. The van der Waals surface area contributed by atoms with Crippen LogP contribution >= 0.6 is 0 Å². The van der Waals surface area contributed by atoms with Gasteiger partial charge in [-0.25, -0.2) is 4.99 Å². The largest absolute Gasteiger partial charge is 0.439 e. The maximum absolute atomic E-state index is 5.82. The second kappa shape index (κ2) is 7.79. The predicted molar refractivity (Wildman–Crippen MR) is 94.5 cm³/mol. The van der Waals surface area contributed by atoms with Crippen molar-refractivity contribution in [3.8, 4) is 5.75 Å². The van der Waals surface area contributed by atoms with Crippen LogP contribution in [0.5, 0.6) is 5.75 Å². The van der Waals surface area contributed by atoms with Gasteiger partial charge in [0.2, 0.25) is 5.90 Å². The van der Waals surface area contributed by atoms with Gasteiger partial charge in [-0.05, 0) is 61.6 Å². The van der Waals surface area contributed by atoms with Gasteiger partial charge in [-0.1, -0.05) is 19.2 Å². The second-order valence-corrected chi connectivity index (χ2v) is 5.64. The molecule has 1 atom stereocenters. The van der Waals surface area contributed by atoms with Gasteiger partial charge < -0.3 is 15.2 Å². The fraction of sp³-hybridized carbons (Fsp3) is 0.316. The van der Waals surface area contributed by atoms with Gasteiger partial charge in [0.05, 0.1) is 6.10 Å². The standard InChI is InChI=1S/C19H24N2O2/c1-5-19(21-12-14(3)15(4)20)23-17-9-8-16(11-13(17)2)18-7-6-10-22-18/h5,8-9,11-12,18H,1,4,6-7,10,20H2,2-3H3/b14-12+,21-19+. The topological polar surface area (TPSA) is 56.8 Å². The van der Waals surface area contributed by atoms with Crippen molar-refractivity contribution in [3.63, 3.8) is 0 Å². The maximum atomic E-state index is 5.82. The first-order chi connectivity index (χ1) is 11.0. The zero-order valence-corrected chi connectivity index (χ0v) is 13.8. The van der Waals surface area contributed by atoms with Gasteiger partial charge >= 0.3 is 0 Å². The summed E-state index contributed by atoms with van der Waals surface area (Å²) >= 11 is 0. The summed E-state index contributed by atoms with van der Waals surface area (Å²) in [5.41, 5.74) is 9.11. The minimum absolute atomic E-state index is 0.205. The van der Waals surface area contributed by atoms with Gasteiger partial charge in [0.25, 0.3) is 0 Å². The smallest absolute Gasteiger partial charge is 0.218 e. The third-order valence-corrected chi connectivity index (χ3v) is 3.78. The molecule has 23 heavy (non-hydrogen) atoms. The van der Waals surface area contributed by atoms with E-state index in [-0.39, 0.29) is 6.10 Å². The quantitative estimate of drug-likeness (QED) is 0.504. The summed E-state index contributed by atoms with van der Waals surface area (Å²) in [7, 11) is 0. The van der Waals surface area contributed by atoms with Crippen LogP contribution in [0.1, 0.15) is 37.0 Å². The predicted octanol–water partition coefficient (Wildman–Crippen LogP) is 4.19. The Balaban J connectivity index is 2.14. The van der Waals surface area contributed by atoms with Crippen LogP contribution in [-0.2, 0) is 4.74 Å². The van der Waals surface area contributed by atoms with Crippen LogP contribution in [0.4, 0.5) is 0 Å². The van der Waals surface area contributed by atoms with E-state index in [0.29, 0.717) is 11.6 Å². The summed E-state index contributed by atoms with van der Waals surface area (Å²) in [5, 5.41) is 0. The summed E-state index contributed by atoms with van der Waals surface area (Å²) in [6.45, 7) is 12.1. The number of aliphatic imine (C=N–C) groups is 1. The molecule has 0 saturated carbocycles. The summed E-state index contributed by atoms with van der Waals surface area (Å²) in [6, 6.07) is 6.10. The molecule has 1 saturated heterocycles. The van der Waals surface area contributed by atoms with Crippen LogP contribution in [0.3, 0.4) is 0 Å². The van der Waals surface area contributed by atoms with Gasteiger partial charge in [-0.3, -0.25) is 0 Å². The van der Waals surface area contributed by atoms with E-state index in [1.165, 1.54) is 5.56 Å². The molecular formula is C19H24N2O2. The molecule has 1 fully saturated rings. The summed E-state index contributed by atoms with van der Waals surface area (Å²) in [5.74, 6) is 1.17. The van der Waals surface area contributed by atoms with E-state index in [1.807, 2.05) is 26.0 Å². The molecule has 1 heterocycles. The molecule has 2 N–H and O–H groups in total. The molecule has 122 valence electrons. The number of ether oxygens (including phenoxy) is 2. The Morgan fingerprint density at radius 1 is 1.48 bits per heavy atom. The van der Waals surface area contributed by atoms with E-state index in [9.17, 15) is 0 Å². The van der Waals surface area contributed by atoms with Crippen LogP contribution in [0, 0.1) is 6.92 Å². The third-order valence-electron chi connectivity index (χ3n) is 3.78. The molecule has 2 rings (SSSR count). The molecule has 0 aliphatic carbocycles. The average molecular weight is 312 g/mol. The van der Waals surface area contributed by atoms with Gasteiger partial charge in [-0.2, -0.15) is 0 Å². The lowest BCUT2D eigenvalue weighted by Crippen LogP contribution is -2.06. The number of nitrogens with zero attached hydrogens (tertiary/aromatic N) is 1. The Morgan fingerprint density at radius 2 is 2.26 bits per heavy atom. The molecule has 4 heteroatoms. The molecule has 0 amide bonds. The highest BCUT2D eigenvalue weighted by atomic mass is 16.5. The first-order valence-electron chi connectivity index (χ1n) is 7.73.